The van der Waals surface area contributed by atoms with Crippen LogP contribution in [0.25, 0.3) is 18.2 Å². The summed E-state index contributed by atoms with van der Waals surface area (Å²) < 4.78 is 0. The number of rotatable bonds is 11. The largest absolute Gasteiger partial charge is 0.550 e. The third-order valence-corrected chi connectivity index (χ3v) is 7.85. The molecule has 0 bridgehead atoms. The Kier molecular flexibility index (Phi) is 8.80. The lowest BCUT2D eigenvalue weighted by Crippen LogP contribution is -2.23. The number of carboxylic acids is 2. The van der Waals surface area contributed by atoms with Crippen LogP contribution in [0, 0.1) is 13.8 Å². The number of aromatic nitrogens is 2. The Bertz CT molecular complexity index is 1860. The van der Waals surface area contributed by atoms with Gasteiger partial charge in [0.05, 0.1) is 11.4 Å². The molecular formula is C33H32N4O6-2. The summed E-state index contributed by atoms with van der Waals surface area (Å²) in [4.78, 5) is 58.1. The second kappa shape index (κ2) is 12.3. The quantitative estimate of drug-likeness (QED) is 0.347. The second-order valence-electron chi connectivity index (χ2n) is 10.4. The number of aliphatic imine (C=N–C) groups is 1. The van der Waals surface area contributed by atoms with Crippen molar-refractivity contribution >= 4 is 47.7 Å². The Morgan fingerprint density at radius 1 is 0.767 bits per heavy atom. The maximum atomic E-state index is 12.3. The molecule has 0 aromatic carbocycles. The van der Waals surface area contributed by atoms with Gasteiger partial charge in [0, 0.05) is 50.7 Å². The normalized spacial score (nSPS) is 16.9. The molecule has 10 nitrogen and oxygen atoms in total. The molecule has 0 atom stereocenters. The first-order valence-corrected chi connectivity index (χ1v) is 13.7. The molecular weight excluding hydrogens is 548 g/mol. The predicted molar refractivity (Wildman–Crippen MR) is 159 cm³/mol. The van der Waals surface area contributed by atoms with Crippen molar-refractivity contribution < 1.29 is 29.4 Å². The molecule has 43 heavy (non-hydrogen) atoms. The Morgan fingerprint density at radius 3 is 1.98 bits per heavy atom. The first kappa shape index (κ1) is 30.7. The van der Waals surface area contributed by atoms with Crippen LogP contribution in [0.3, 0.4) is 0 Å². The van der Waals surface area contributed by atoms with E-state index in [9.17, 15) is 29.4 Å². The van der Waals surface area contributed by atoms with Crippen LogP contribution in [0.2, 0.25) is 0 Å². The van der Waals surface area contributed by atoms with Gasteiger partial charge >= 0.3 is 0 Å². The fourth-order valence-corrected chi connectivity index (χ4v) is 5.33. The van der Waals surface area contributed by atoms with Crippen molar-refractivity contribution in [3.8, 4) is 0 Å². The van der Waals surface area contributed by atoms with E-state index in [4.69, 9.17) is 0 Å². The van der Waals surface area contributed by atoms with E-state index in [1.54, 1.807) is 38.2 Å². The maximum absolute atomic E-state index is 12.3. The van der Waals surface area contributed by atoms with Gasteiger partial charge in [0.15, 0.2) is 0 Å². The molecule has 2 aromatic heterocycles. The van der Waals surface area contributed by atoms with Crippen LogP contribution in [0.1, 0.15) is 60.3 Å². The first-order valence-electron chi connectivity index (χ1n) is 13.7. The Labute approximate surface area is 248 Å². The third kappa shape index (κ3) is 6.18. The fourth-order valence-electron chi connectivity index (χ4n) is 5.33. The molecule has 0 aliphatic carbocycles. The van der Waals surface area contributed by atoms with Crippen molar-refractivity contribution in [1.82, 2.24) is 15.3 Å². The monoisotopic (exact) mass is 580 g/mol. The Morgan fingerprint density at radius 2 is 1.40 bits per heavy atom. The van der Waals surface area contributed by atoms with Crippen LogP contribution < -0.4 is 26.2 Å². The highest BCUT2D eigenvalue weighted by Gasteiger charge is 2.23. The summed E-state index contributed by atoms with van der Waals surface area (Å²) in [5.74, 6) is -3.00. The smallest absolute Gasteiger partial charge is 0.277 e. The number of carboxylic acid groups (broad SMARTS) is 2. The summed E-state index contributed by atoms with van der Waals surface area (Å²) >= 11 is 0. The molecule has 10 heteroatoms. The number of amides is 2. The van der Waals surface area contributed by atoms with E-state index in [0.717, 1.165) is 22.3 Å². The molecule has 0 spiro atoms. The van der Waals surface area contributed by atoms with Crippen molar-refractivity contribution in [3.63, 3.8) is 0 Å². The molecule has 2 aliphatic rings. The van der Waals surface area contributed by atoms with E-state index in [1.165, 1.54) is 6.08 Å². The van der Waals surface area contributed by atoms with Gasteiger partial charge in [-0.15, -0.1) is 0 Å². The number of aromatic amines is 2. The van der Waals surface area contributed by atoms with E-state index in [2.05, 4.69) is 33.4 Å². The first-order chi connectivity index (χ1) is 20.4. The molecule has 2 aromatic rings. The highest BCUT2D eigenvalue weighted by Crippen LogP contribution is 2.27. The van der Waals surface area contributed by atoms with Gasteiger partial charge in [-0.1, -0.05) is 25.3 Å². The summed E-state index contributed by atoms with van der Waals surface area (Å²) in [6, 6.07) is 0. The molecule has 0 saturated heterocycles. The lowest BCUT2D eigenvalue weighted by Gasteiger charge is -2.05. The molecule has 4 heterocycles. The SMILES string of the molecule is C=CC1=C(C)C(C=c2[nH]/c(=C\c3[nH]c(/C=C4\NC(=O)C(C)=C4C=C)c(C)c3CCC(=O)[O-])c(CCC(=O)[O-])c2C)=NC1=O. The van der Waals surface area contributed by atoms with E-state index < -0.39 is 11.9 Å². The van der Waals surface area contributed by atoms with E-state index in [0.29, 0.717) is 55.8 Å². The van der Waals surface area contributed by atoms with Crippen molar-refractivity contribution in [2.24, 2.45) is 4.99 Å². The van der Waals surface area contributed by atoms with Crippen LogP contribution in [0.15, 0.2) is 58.3 Å². The van der Waals surface area contributed by atoms with Crippen molar-refractivity contribution in [1.29, 1.82) is 0 Å². The minimum absolute atomic E-state index is 0.173. The van der Waals surface area contributed by atoms with Gasteiger partial charge in [-0.2, -0.15) is 0 Å². The predicted octanol–water partition coefficient (Wildman–Crippen LogP) is 0.391. The summed E-state index contributed by atoms with van der Waals surface area (Å²) in [6.07, 6.45) is 8.30. The number of carbonyl (C=O) groups excluding carboxylic acids is 4. The number of nitrogens with zero attached hydrogens (tertiary/aromatic N) is 1. The van der Waals surface area contributed by atoms with E-state index >= 15 is 0 Å². The average Bonchev–Trinajstić information content (AvgIpc) is 3.59. The molecule has 4 rings (SSSR count). The maximum Gasteiger partial charge on any atom is 0.277 e. The molecule has 2 amide bonds. The average molecular weight is 581 g/mol. The summed E-state index contributed by atoms with van der Waals surface area (Å²) in [6.45, 7) is 14.7. The summed E-state index contributed by atoms with van der Waals surface area (Å²) in [5.41, 5.74) is 7.62. The molecule has 0 fully saturated rings. The number of H-pyrrole nitrogens is 2. The number of aliphatic carboxylic acids is 2. The van der Waals surface area contributed by atoms with Gasteiger partial charge in [-0.3, -0.25) is 9.59 Å². The van der Waals surface area contributed by atoms with Crippen LogP contribution in [0.5, 0.6) is 0 Å². The van der Waals surface area contributed by atoms with Gasteiger partial charge in [-0.25, -0.2) is 4.99 Å². The standard InChI is InChI=1S/C33H34N4O6/c1-7-20-19(6)32(42)37-27(20)14-25-18(5)23(10-12-31(40)41)29(35-25)15-28-22(9-11-30(38)39)17(4)24(34-28)13-26-16(3)21(8-2)33(43)36-26/h7-8,13-15,34-35H,1-2,9-12H2,3-6H3,(H,37,42)(H,38,39)(H,40,41)/p-2/b24-13?,27-14-,28-15-. The lowest BCUT2D eigenvalue weighted by atomic mass is 10.0. The Hall–Kier alpha value is -5.25. The molecule has 3 N–H and O–H groups in total. The fraction of sp³-hybridized carbons (Fsp3) is 0.242. The molecule has 0 radical (unpaired) electrons. The number of allylic oxidation sites excluding steroid dienone is 2. The molecule has 222 valence electrons. The molecule has 0 unspecified atom stereocenters. The van der Waals surface area contributed by atoms with Gasteiger partial charge in [-0.05, 0) is 99.4 Å². The van der Waals surface area contributed by atoms with Crippen molar-refractivity contribution in [2.75, 3.05) is 0 Å². The zero-order chi connectivity index (χ0) is 31.6. The zero-order valence-corrected chi connectivity index (χ0v) is 24.5. The van der Waals surface area contributed by atoms with Crippen LogP contribution >= 0.6 is 0 Å². The summed E-state index contributed by atoms with van der Waals surface area (Å²) in [5, 5.41) is 26.8. The highest BCUT2D eigenvalue weighted by molar-refractivity contribution is 6.31. The van der Waals surface area contributed by atoms with Crippen LogP contribution in [-0.2, 0) is 32.0 Å². The zero-order valence-electron chi connectivity index (χ0n) is 24.5. The number of hydrogen-bond donors (Lipinski definition) is 3. The van der Waals surface area contributed by atoms with Gasteiger partial charge in [0.25, 0.3) is 11.8 Å². The molecule has 2 aliphatic heterocycles. The second-order valence-corrected chi connectivity index (χ2v) is 10.4. The minimum atomic E-state index is -1.20. The van der Waals surface area contributed by atoms with Crippen LogP contribution in [0.4, 0.5) is 0 Å². The van der Waals surface area contributed by atoms with E-state index in [-0.39, 0.29) is 37.5 Å². The minimum Gasteiger partial charge on any atom is -0.550 e. The van der Waals surface area contributed by atoms with Gasteiger partial charge in [0.2, 0.25) is 0 Å². The Balaban J connectivity index is 1.92. The van der Waals surface area contributed by atoms with Crippen molar-refractivity contribution in [3.05, 3.63) is 97.6 Å². The van der Waals surface area contributed by atoms with Gasteiger partial charge in [0.1, 0.15) is 0 Å². The van der Waals surface area contributed by atoms with Crippen molar-refractivity contribution in [2.45, 2.75) is 53.4 Å². The van der Waals surface area contributed by atoms with Gasteiger partial charge < -0.3 is 35.1 Å². The van der Waals surface area contributed by atoms with Crippen LogP contribution in [-0.4, -0.2) is 39.4 Å². The summed E-state index contributed by atoms with van der Waals surface area (Å²) in [7, 11) is 0. The lowest BCUT2D eigenvalue weighted by molar-refractivity contribution is -0.307. The highest BCUT2D eigenvalue weighted by atomic mass is 16.4. The molecule has 0 saturated carbocycles. The number of nitrogens with one attached hydrogen (secondary N) is 3. The topological polar surface area (TPSA) is 170 Å². The third-order valence-electron chi connectivity index (χ3n) is 7.85. The van der Waals surface area contributed by atoms with E-state index in [1.807, 2.05) is 13.8 Å². The number of carbonyl (C=O) groups is 4. The number of hydrogen-bond acceptors (Lipinski definition) is 6.